The molecule has 0 radical (unpaired) electrons. The molecule has 0 saturated carbocycles. The van der Waals surface area contributed by atoms with Gasteiger partial charge in [-0.1, -0.05) is 6.92 Å². The Morgan fingerprint density at radius 3 is 2.82 bits per heavy atom. The van der Waals surface area contributed by atoms with Crippen molar-refractivity contribution < 1.29 is 4.42 Å². The van der Waals surface area contributed by atoms with Crippen molar-refractivity contribution >= 4 is 43.2 Å². The number of aromatic nitrogens is 2. The summed E-state index contributed by atoms with van der Waals surface area (Å²) in [5.41, 5.74) is 0.921. The van der Waals surface area contributed by atoms with Crippen LogP contribution in [0, 0.1) is 0 Å². The van der Waals surface area contributed by atoms with Crippen molar-refractivity contribution in [2.24, 2.45) is 0 Å². The second-order valence-electron chi connectivity index (χ2n) is 3.46. The van der Waals surface area contributed by atoms with Crippen molar-refractivity contribution in [3.8, 4) is 11.5 Å². The minimum atomic E-state index is 0.0714. The maximum Gasteiger partial charge on any atom is 0.249 e. The van der Waals surface area contributed by atoms with Crippen molar-refractivity contribution in [1.82, 2.24) is 15.5 Å². The monoisotopic (exact) mass is 379 g/mol. The third kappa shape index (κ3) is 2.96. The van der Waals surface area contributed by atoms with Crippen LogP contribution < -0.4 is 5.32 Å². The number of hydrogen-bond acceptors (Lipinski definition) is 5. The molecular formula is C10H11Br2N3OS. The highest BCUT2D eigenvalue weighted by atomic mass is 79.9. The van der Waals surface area contributed by atoms with Gasteiger partial charge in [-0.15, -0.1) is 21.5 Å². The Labute approximate surface area is 120 Å². The first-order valence-corrected chi connectivity index (χ1v) is 7.54. The lowest BCUT2D eigenvalue weighted by Gasteiger charge is -2.05. The SMILES string of the molecule is CCNC(C)c1nnc(-c2cc(Br)sc2Br)o1. The standard InChI is InChI=1S/C10H11Br2N3OS/c1-3-13-5(2)9-14-15-10(16-9)6-4-7(11)17-8(6)12/h4-5,13H,3H2,1-2H3. The maximum absolute atomic E-state index is 5.65. The highest BCUT2D eigenvalue weighted by Gasteiger charge is 2.17. The van der Waals surface area contributed by atoms with Crippen molar-refractivity contribution in [2.75, 3.05) is 6.54 Å². The van der Waals surface area contributed by atoms with Crippen LogP contribution in [0.5, 0.6) is 0 Å². The summed E-state index contributed by atoms with van der Waals surface area (Å²) in [6.45, 7) is 4.91. The Hall–Kier alpha value is -0.240. The summed E-state index contributed by atoms with van der Waals surface area (Å²) < 4.78 is 7.66. The van der Waals surface area contributed by atoms with Crippen molar-refractivity contribution in [3.63, 3.8) is 0 Å². The molecule has 0 bridgehead atoms. The second-order valence-corrected chi connectivity index (χ2v) is 7.21. The number of rotatable bonds is 4. The van der Waals surface area contributed by atoms with E-state index in [9.17, 15) is 0 Å². The molecule has 2 heterocycles. The lowest BCUT2D eigenvalue weighted by molar-refractivity contribution is 0.429. The number of halogens is 2. The van der Waals surface area contributed by atoms with Crippen molar-refractivity contribution in [2.45, 2.75) is 19.9 Å². The Morgan fingerprint density at radius 2 is 2.24 bits per heavy atom. The third-order valence-electron chi connectivity index (χ3n) is 2.21. The van der Waals surface area contributed by atoms with Gasteiger partial charge in [0.25, 0.3) is 0 Å². The van der Waals surface area contributed by atoms with E-state index in [1.54, 1.807) is 11.3 Å². The number of thiophene rings is 1. The first-order valence-electron chi connectivity index (χ1n) is 5.13. The smallest absolute Gasteiger partial charge is 0.249 e. The van der Waals surface area contributed by atoms with E-state index >= 15 is 0 Å². The molecular weight excluding hydrogens is 370 g/mol. The van der Waals surface area contributed by atoms with Crippen LogP contribution in [-0.4, -0.2) is 16.7 Å². The Balaban J connectivity index is 2.26. The zero-order valence-electron chi connectivity index (χ0n) is 9.33. The molecule has 92 valence electrons. The van der Waals surface area contributed by atoms with E-state index < -0.39 is 0 Å². The summed E-state index contributed by atoms with van der Waals surface area (Å²) in [6, 6.07) is 2.03. The van der Waals surface area contributed by atoms with Gasteiger partial charge in [0, 0.05) is 0 Å². The molecule has 0 aliphatic heterocycles. The molecule has 17 heavy (non-hydrogen) atoms. The van der Waals surface area contributed by atoms with Gasteiger partial charge in [0.2, 0.25) is 11.8 Å². The lowest BCUT2D eigenvalue weighted by atomic mass is 10.3. The number of nitrogens with zero attached hydrogens (tertiary/aromatic N) is 2. The highest BCUT2D eigenvalue weighted by molar-refractivity contribution is 9.12. The van der Waals surface area contributed by atoms with Crippen LogP contribution in [0.15, 0.2) is 18.1 Å². The largest absolute Gasteiger partial charge is 0.419 e. The first kappa shape index (κ1) is 13.2. The molecule has 2 aromatic heterocycles. The van der Waals surface area contributed by atoms with Crippen LogP contribution in [0.4, 0.5) is 0 Å². The van der Waals surface area contributed by atoms with Crippen LogP contribution >= 0.6 is 43.2 Å². The Bertz CT molecular complexity index is 511. The average Bonchev–Trinajstić information content (AvgIpc) is 2.85. The predicted octanol–water partition coefficient (Wildman–Crippen LogP) is 3.99. The fraction of sp³-hybridized carbons (Fsp3) is 0.400. The maximum atomic E-state index is 5.65. The minimum absolute atomic E-state index is 0.0714. The third-order valence-corrected chi connectivity index (χ3v) is 4.55. The summed E-state index contributed by atoms with van der Waals surface area (Å²) in [4.78, 5) is 0. The average molecular weight is 381 g/mol. The minimum Gasteiger partial charge on any atom is -0.419 e. The highest BCUT2D eigenvalue weighted by Crippen LogP contribution is 2.38. The molecule has 0 aliphatic rings. The molecule has 1 atom stereocenters. The zero-order chi connectivity index (χ0) is 12.4. The lowest BCUT2D eigenvalue weighted by Crippen LogP contribution is -2.17. The van der Waals surface area contributed by atoms with E-state index in [2.05, 4.69) is 47.4 Å². The van der Waals surface area contributed by atoms with E-state index in [0.717, 1.165) is 19.7 Å². The van der Waals surface area contributed by atoms with Gasteiger partial charge >= 0.3 is 0 Å². The van der Waals surface area contributed by atoms with Gasteiger partial charge in [-0.2, -0.15) is 0 Å². The zero-order valence-corrected chi connectivity index (χ0v) is 13.3. The molecule has 7 heteroatoms. The molecule has 0 amide bonds. The summed E-state index contributed by atoms with van der Waals surface area (Å²) in [5, 5.41) is 11.3. The van der Waals surface area contributed by atoms with Gasteiger partial charge in [-0.05, 0) is 51.4 Å². The number of nitrogens with one attached hydrogen (secondary N) is 1. The Kier molecular flexibility index (Phi) is 4.35. The molecule has 0 saturated heterocycles. The fourth-order valence-corrected chi connectivity index (χ4v) is 4.18. The van der Waals surface area contributed by atoms with Crippen LogP contribution in [0.3, 0.4) is 0 Å². The normalized spacial score (nSPS) is 12.9. The van der Waals surface area contributed by atoms with Crippen LogP contribution in [0.2, 0.25) is 0 Å². The summed E-state index contributed by atoms with van der Waals surface area (Å²) in [7, 11) is 0. The molecule has 0 aromatic carbocycles. The van der Waals surface area contributed by atoms with E-state index in [1.165, 1.54) is 0 Å². The molecule has 0 spiro atoms. The topological polar surface area (TPSA) is 51.0 Å². The fourth-order valence-electron chi connectivity index (χ4n) is 1.40. The van der Waals surface area contributed by atoms with Gasteiger partial charge in [0.15, 0.2) is 0 Å². The molecule has 1 N–H and O–H groups in total. The van der Waals surface area contributed by atoms with E-state index in [1.807, 2.05) is 19.9 Å². The summed E-state index contributed by atoms with van der Waals surface area (Å²) in [5.74, 6) is 1.15. The van der Waals surface area contributed by atoms with Crippen LogP contribution in [0.25, 0.3) is 11.5 Å². The van der Waals surface area contributed by atoms with Crippen LogP contribution in [0.1, 0.15) is 25.8 Å². The molecule has 0 aliphatic carbocycles. The van der Waals surface area contributed by atoms with E-state index in [-0.39, 0.29) is 6.04 Å². The number of hydrogen-bond donors (Lipinski definition) is 1. The van der Waals surface area contributed by atoms with E-state index in [4.69, 9.17) is 4.42 Å². The van der Waals surface area contributed by atoms with Crippen molar-refractivity contribution in [1.29, 1.82) is 0 Å². The quantitative estimate of drug-likeness (QED) is 0.870. The molecule has 4 nitrogen and oxygen atoms in total. The van der Waals surface area contributed by atoms with Gasteiger partial charge < -0.3 is 9.73 Å². The molecule has 1 unspecified atom stereocenters. The molecule has 0 fully saturated rings. The van der Waals surface area contributed by atoms with Gasteiger partial charge in [-0.3, -0.25) is 0 Å². The van der Waals surface area contributed by atoms with Gasteiger partial charge in [-0.25, -0.2) is 0 Å². The molecule has 2 rings (SSSR count). The van der Waals surface area contributed by atoms with Crippen molar-refractivity contribution in [3.05, 3.63) is 19.5 Å². The first-order chi connectivity index (χ1) is 8.11. The Morgan fingerprint density at radius 1 is 1.47 bits per heavy atom. The molecule has 2 aromatic rings. The second kappa shape index (κ2) is 5.60. The summed E-state index contributed by atoms with van der Waals surface area (Å²) >= 11 is 8.49. The predicted molar refractivity (Wildman–Crippen MR) is 75.1 cm³/mol. The van der Waals surface area contributed by atoms with E-state index in [0.29, 0.717) is 11.8 Å². The van der Waals surface area contributed by atoms with Gasteiger partial charge in [0.05, 0.1) is 19.2 Å². The van der Waals surface area contributed by atoms with Gasteiger partial charge in [0.1, 0.15) is 0 Å². The summed E-state index contributed by atoms with van der Waals surface area (Å²) in [6.07, 6.45) is 0. The van der Waals surface area contributed by atoms with Crippen LogP contribution in [-0.2, 0) is 0 Å².